The predicted molar refractivity (Wildman–Crippen MR) is 149 cm³/mol. The number of ether oxygens (including phenoxy) is 1. The van der Waals surface area contributed by atoms with E-state index in [0.29, 0.717) is 23.0 Å². The van der Waals surface area contributed by atoms with E-state index >= 15 is 0 Å². The molecule has 0 aliphatic heterocycles. The number of pyridine rings is 2. The van der Waals surface area contributed by atoms with E-state index in [9.17, 15) is 5.26 Å². The van der Waals surface area contributed by atoms with Gasteiger partial charge in [-0.1, -0.05) is 37.6 Å². The molecule has 0 aliphatic carbocycles. The van der Waals surface area contributed by atoms with Gasteiger partial charge in [-0.2, -0.15) is 11.3 Å². The number of aromatic nitrogens is 3. The van der Waals surface area contributed by atoms with Crippen LogP contribution in [0.1, 0.15) is 25.0 Å². The van der Waals surface area contributed by atoms with Gasteiger partial charge in [-0.15, -0.1) is 41.3 Å². The Morgan fingerprint density at radius 1 is 0.872 bits per heavy atom. The molecule has 3 heterocycles. The van der Waals surface area contributed by atoms with Crippen LogP contribution in [0, 0.1) is 29.4 Å². The quantitative estimate of drug-likeness (QED) is 0.169. The molecule has 0 radical (unpaired) electrons. The molecule has 0 fully saturated rings. The fourth-order valence-corrected chi connectivity index (χ4v) is 4.77. The van der Waals surface area contributed by atoms with Crippen LogP contribution in [0.25, 0.3) is 38.9 Å². The molecule has 5 nitrogen and oxygen atoms in total. The first-order valence-corrected chi connectivity index (χ1v) is 12.6. The van der Waals surface area contributed by atoms with E-state index in [-0.39, 0.29) is 21.1 Å². The molecule has 6 rings (SSSR count). The van der Waals surface area contributed by atoms with Crippen molar-refractivity contribution in [1.82, 2.24) is 14.5 Å². The minimum Gasteiger partial charge on any atom is -0.503 e. The van der Waals surface area contributed by atoms with E-state index in [2.05, 4.69) is 53.7 Å². The number of nitrogens with zero attached hydrogens (tertiary/aromatic N) is 4. The number of rotatable bonds is 6. The van der Waals surface area contributed by atoms with Gasteiger partial charge in [-0.3, -0.25) is 0 Å². The first kappa shape index (κ1) is 26.3. The SMILES string of the molecule is CC(C)Cc1ccnc(-n2c3[c-]c(Oc4[c-]c(-c5ccccn5)ccc4)ccc3c3cc(C#N)ccc32)c1.[Pt+2]. The Kier molecular flexibility index (Phi) is 7.59. The summed E-state index contributed by atoms with van der Waals surface area (Å²) in [4.78, 5) is 9.13. The Hall–Kier alpha value is -4.26. The number of fused-ring (bicyclic) bond motifs is 3. The Balaban J connectivity index is 0.00000308. The number of benzene rings is 3. The van der Waals surface area contributed by atoms with Crippen LogP contribution in [0.4, 0.5) is 0 Å². The molecule has 3 aromatic heterocycles. The molecule has 0 aliphatic rings. The molecule has 0 N–H and O–H groups in total. The maximum Gasteiger partial charge on any atom is 2.00 e. The van der Waals surface area contributed by atoms with Crippen LogP contribution in [0.15, 0.2) is 91.3 Å². The second-order valence-corrected chi connectivity index (χ2v) is 9.63. The maximum atomic E-state index is 9.52. The van der Waals surface area contributed by atoms with Gasteiger partial charge in [0.25, 0.3) is 0 Å². The Morgan fingerprint density at radius 3 is 2.54 bits per heavy atom. The van der Waals surface area contributed by atoms with Crippen molar-refractivity contribution < 1.29 is 25.8 Å². The van der Waals surface area contributed by atoms with Crippen molar-refractivity contribution in [3.63, 3.8) is 0 Å². The van der Waals surface area contributed by atoms with Gasteiger partial charge in [0.15, 0.2) is 0 Å². The van der Waals surface area contributed by atoms with Crippen molar-refractivity contribution in [1.29, 1.82) is 5.26 Å². The topological polar surface area (TPSA) is 63.7 Å². The summed E-state index contributed by atoms with van der Waals surface area (Å²) >= 11 is 0. The van der Waals surface area contributed by atoms with Crippen LogP contribution >= 0.6 is 0 Å². The molecule has 0 atom stereocenters. The predicted octanol–water partition coefficient (Wildman–Crippen LogP) is 7.70. The van der Waals surface area contributed by atoms with E-state index in [1.165, 1.54) is 5.56 Å². The van der Waals surface area contributed by atoms with Crippen molar-refractivity contribution >= 4 is 21.8 Å². The fraction of sp³-hybridized carbons (Fsp3) is 0.121. The third-order valence-corrected chi connectivity index (χ3v) is 6.39. The smallest absolute Gasteiger partial charge is 0.503 e. The summed E-state index contributed by atoms with van der Waals surface area (Å²) in [6, 6.07) is 34.4. The minimum absolute atomic E-state index is 0. The molecular formula is C33H24N4OPt. The normalized spacial score (nSPS) is 10.9. The van der Waals surface area contributed by atoms with E-state index in [1.54, 1.807) is 6.20 Å². The van der Waals surface area contributed by atoms with Gasteiger partial charge in [0.2, 0.25) is 0 Å². The summed E-state index contributed by atoms with van der Waals surface area (Å²) in [5.74, 6) is 2.49. The third kappa shape index (κ3) is 5.35. The molecular weight excluding hydrogens is 663 g/mol. The fourth-order valence-electron chi connectivity index (χ4n) is 4.77. The van der Waals surface area contributed by atoms with E-state index in [1.807, 2.05) is 72.9 Å². The van der Waals surface area contributed by atoms with Gasteiger partial charge in [0.1, 0.15) is 5.82 Å². The van der Waals surface area contributed by atoms with Crippen LogP contribution in [0.3, 0.4) is 0 Å². The molecule has 0 unspecified atom stereocenters. The van der Waals surface area contributed by atoms with Gasteiger partial charge in [-0.25, -0.2) is 4.98 Å². The largest absolute Gasteiger partial charge is 2.00 e. The van der Waals surface area contributed by atoms with Crippen LogP contribution in [-0.4, -0.2) is 14.5 Å². The van der Waals surface area contributed by atoms with Gasteiger partial charge >= 0.3 is 21.1 Å². The molecule has 6 heteroatoms. The van der Waals surface area contributed by atoms with Crippen LogP contribution in [0.5, 0.6) is 11.5 Å². The van der Waals surface area contributed by atoms with E-state index in [0.717, 1.165) is 45.3 Å². The molecule has 0 amide bonds. The zero-order valence-corrected chi connectivity index (χ0v) is 23.7. The van der Waals surface area contributed by atoms with Gasteiger partial charge < -0.3 is 14.3 Å². The van der Waals surface area contributed by atoms with Crippen molar-refractivity contribution in [2.24, 2.45) is 5.92 Å². The molecule has 192 valence electrons. The Labute approximate surface area is 242 Å². The molecule has 3 aromatic carbocycles. The third-order valence-electron chi connectivity index (χ3n) is 6.39. The molecule has 6 aromatic rings. The number of hydrogen-bond acceptors (Lipinski definition) is 4. The average molecular weight is 688 g/mol. The average Bonchev–Trinajstić information content (AvgIpc) is 3.26. The molecule has 0 bridgehead atoms. The van der Waals surface area contributed by atoms with Gasteiger partial charge in [-0.05, 0) is 65.4 Å². The number of nitriles is 1. The number of hydrogen-bond donors (Lipinski definition) is 0. The van der Waals surface area contributed by atoms with Crippen molar-refractivity contribution in [2.75, 3.05) is 0 Å². The first-order chi connectivity index (χ1) is 18.6. The first-order valence-electron chi connectivity index (χ1n) is 12.6. The molecule has 0 saturated heterocycles. The molecule has 0 spiro atoms. The minimum atomic E-state index is 0. The standard InChI is InChI=1S/C33H24N4O.Pt/c1-22(2)16-23-13-15-36-33(18-23)37-31-12-9-24(21-34)17-29(31)28-11-10-27(20-32(28)37)38-26-7-5-6-25(19-26)30-8-3-4-14-35-30;/h3-15,17-18,22H,16H2,1-2H3;/q-2;+2. The second kappa shape index (κ2) is 11.2. The monoisotopic (exact) mass is 687 g/mol. The van der Waals surface area contributed by atoms with Crippen molar-refractivity contribution in [3.8, 4) is 34.6 Å². The van der Waals surface area contributed by atoms with Crippen molar-refractivity contribution in [2.45, 2.75) is 20.3 Å². The zero-order chi connectivity index (χ0) is 26.1. The van der Waals surface area contributed by atoms with Gasteiger partial charge in [0, 0.05) is 29.4 Å². The van der Waals surface area contributed by atoms with Crippen LogP contribution < -0.4 is 4.74 Å². The summed E-state index contributed by atoms with van der Waals surface area (Å²) < 4.78 is 8.33. The van der Waals surface area contributed by atoms with E-state index < -0.39 is 0 Å². The summed E-state index contributed by atoms with van der Waals surface area (Å²) in [6.07, 6.45) is 4.58. The maximum absolute atomic E-state index is 9.52. The zero-order valence-electron chi connectivity index (χ0n) is 21.5. The summed E-state index contributed by atoms with van der Waals surface area (Å²) in [6.45, 7) is 4.42. The van der Waals surface area contributed by atoms with Crippen molar-refractivity contribution in [3.05, 3.63) is 115 Å². The summed E-state index contributed by atoms with van der Waals surface area (Å²) in [7, 11) is 0. The summed E-state index contributed by atoms with van der Waals surface area (Å²) in [5.41, 5.74) is 5.32. The molecule has 0 saturated carbocycles. The second-order valence-electron chi connectivity index (χ2n) is 9.63. The van der Waals surface area contributed by atoms with Crippen LogP contribution in [-0.2, 0) is 27.5 Å². The Bertz CT molecular complexity index is 1820. The van der Waals surface area contributed by atoms with Crippen LogP contribution in [0.2, 0.25) is 0 Å². The summed E-state index contributed by atoms with van der Waals surface area (Å²) in [5, 5.41) is 11.5. The van der Waals surface area contributed by atoms with E-state index in [4.69, 9.17) is 9.72 Å². The Morgan fingerprint density at radius 2 is 1.74 bits per heavy atom. The van der Waals surface area contributed by atoms with Gasteiger partial charge in [0.05, 0.1) is 11.6 Å². The molecule has 39 heavy (non-hydrogen) atoms.